The van der Waals surface area contributed by atoms with Gasteiger partial charge in [-0.2, -0.15) is 13.2 Å². The summed E-state index contributed by atoms with van der Waals surface area (Å²) in [6, 6.07) is 15.1. The number of rotatable bonds is 7. The van der Waals surface area contributed by atoms with Crippen molar-refractivity contribution in [2.75, 3.05) is 6.61 Å². The van der Waals surface area contributed by atoms with E-state index in [1.165, 1.54) is 17.0 Å². The molecule has 1 amide bonds. The van der Waals surface area contributed by atoms with Crippen molar-refractivity contribution in [3.63, 3.8) is 0 Å². The minimum Gasteiger partial charge on any atom is -0.454 e. The summed E-state index contributed by atoms with van der Waals surface area (Å²) in [6.07, 6.45) is -4.74. The first-order valence-corrected chi connectivity index (χ1v) is 9.68. The Labute approximate surface area is 177 Å². The normalized spacial score (nSPS) is 11.7. The highest BCUT2D eigenvalue weighted by atomic mass is 19.4. The number of benzene rings is 2. The number of nitrogens with zero attached hydrogens (tertiary/aromatic N) is 3. The van der Waals surface area contributed by atoms with Crippen LogP contribution in [0.5, 0.6) is 0 Å². The van der Waals surface area contributed by atoms with Gasteiger partial charge in [0.2, 0.25) is 5.82 Å². The van der Waals surface area contributed by atoms with Gasteiger partial charge in [0, 0.05) is 12.6 Å². The quantitative estimate of drug-likeness (QED) is 0.528. The van der Waals surface area contributed by atoms with E-state index in [9.17, 15) is 22.8 Å². The Bertz CT molecular complexity index is 1060. The van der Waals surface area contributed by atoms with Gasteiger partial charge in [-0.3, -0.25) is 9.59 Å². The van der Waals surface area contributed by atoms with Crippen LogP contribution in [-0.2, 0) is 33.6 Å². The van der Waals surface area contributed by atoms with Crippen LogP contribution >= 0.6 is 0 Å². The van der Waals surface area contributed by atoms with Gasteiger partial charge in [-0.05, 0) is 31.5 Å². The molecule has 0 saturated heterocycles. The zero-order chi connectivity index (χ0) is 22.6. The van der Waals surface area contributed by atoms with Crippen LogP contribution in [0.4, 0.5) is 13.2 Å². The Morgan fingerprint density at radius 2 is 1.71 bits per heavy atom. The summed E-state index contributed by atoms with van der Waals surface area (Å²) in [7, 11) is 0. The molecule has 1 heterocycles. The molecule has 0 fully saturated rings. The lowest BCUT2D eigenvalue weighted by atomic mass is 10.2. The average Bonchev–Trinajstić information content (AvgIpc) is 3.10. The predicted molar refractivity (Wildman–Crippen MR) is 108 cm³/mol. The molecule has 0 radical (unpaired) electrons. The summed E-state index contributed by atoms with van der Waals surface area (Å²) < 4.78 is 45.8. The second-order valence-corrected chi connectivity index (χ2v) is 7.27. The standard InChI is InChI=1S/C22H22F3N3O3/c1-15(2)27(12-16-8-4-3-5-9-16)19(29)14-31-20(30)13-28-18-11-7-6-10-17(18)26-21(28)22(23,24)25/h3-11,15H,12-14H2,1-2H3. The first kappa shape index (κ1) is 22.3. The van der Waals surface area contributed by atoms with Crippen molar-refractivity contribution in [3.05, 3.63) is 66.0 Å². The highest BCUT2D eigenvalue weighted by Crippen LogP contribution is 2.31. The molecule has 0 aliphatic carbocycles. The number of halogens is 3. The van der Waals surface area contributed by atoms with Crippen LogP contribution in [0, 0.1) is 0 Å². The topological polar surface area (TPSA) is 64.4 Å². The fourth-order valence-corrected chi connectivity index (χ4v) is 3.19. The highest BCUT2D eigenvalue weighted by molar-refractivity contribution is 5.82. The number of fused-ring (bicyclic) bond motifs is 1. The lowest BCUT2D eigenvalue weighted by Gasteiger charge is -2.26. The molecule has 0 unspecified atom stereocenters. The fourth-order valence-electron chi connectivity index (χ4n) is 3.19. The van der Waals surface area contributed by atoms with Crippen LogP contribution in [0.2, 0.25) is 0 Å². The third-order valence-electron chi connectivity index (χ3n) is 4.69. The van der Waals surface area contributed by atoms with E-state index < -0.39 is 37.0 Å². The molecule has 0 atom stereocenters. The summed E-state index contributed by atoms with van der Waals surface area (Å²) in [6.45, 7) is 2.73. The molecule has 2 aromatic carbocycles. The molecule has 0 aliphatic rings. The van der Waals surface area contributed by atoms with E-state index in [1.807, 2.05) is 44.2 Å². The molecule has 164 valence electrons. The smallest absolute Gasteiger partial charge is 0.449 e. The number of aromatic nitrogens is 2. The second-order valence-electron chi connectivity index (χ2n) is 7.27. The zero-order valence-electron chi connectivity index (χ0n) is 17.1. The number of amides is 1. The van der Waals surface area contributed by atoms with Gasteiger partial charge in [0.05, 0.1) is 11.0 Å². The second kappa shape index (κ2) is 9.20. The number of hydrogen-bond acceptors (Lipinski definition) is 4. The third-order valence-corrected chi connectivity index (χ3v) is 4.69. The first-order valence-electron chi connectivity index (χ1n) is 9.68. The summed E-state index contributed by atoms with van der Waals surface area (Å²) in [5.41, 5.74) is 1.19. The average molecular weight is 433 g/mol. The van der Waals surface area contributed by atoms with Gasteiger partial charge in [-0.25, -0.2) is 4.98 Å². The zero-order valence-corrected chi connectivity index (χ0v) is 17.1. The first-order chi connectivity index (χ1) is 14.7. The van der Waals surface area contributed by atoms with Gasteiger partial charge in [0.15, 0.2) is 6.61 Å². The number of ether oxygens (including phenoxy) is 1. The molecule has 9 heteroatoms. The Morgan fingerprint density at radius 3 is 2.35 bits per heavy atom. The number of para-hydroxylation sites is 2. The number of esters is 1. The van der Waals surface area contributed by atoms with Crippen molar-refractivity contribution >= 4 is 22.9 Å². The predicted octanol–water partition coefficient (Wildman–Crippen LogP) is 4.04. The number of alkyl halides is 3. The number of hydrogen-bond donors (Lipinski definition) is 0. The summed E-state index contributed by atoms with van der Waals surface area (Å²) in [5, 5.41) is 0. The van der Waals surface area contributed by atoms with Gasteiger partial charge >= 0.3 is 12.1 Å². The molecule has 0 N–H and O–H groups in total. The maximum absolute atomic E-state index is 13.4. The van der Waals surface area contributed by atoms with Gasteiger partial charge in [-0.1, -0.05) is 42.5 Å². The highest BCUT2D eigenvalue weighted by Gasteiger charge is 2.38. The molecular formula is C22H22F3N3O3. The molecule has 6 nitrogen and oxygen atoms in total. The molecule has 3 rings (SSSR count). The van der Waals surface area contributed by atoms with Gasteiger partial charge in [0.1, 0.15) is 6.54 Å². The number of carbonyl (C=O) groups is 2. The van der Waals surface area contributed by atoms with Crippen molar-refractivity contribution < 1.29 is 27.5 Å². The number of carbonyl (C=O) groups excluding carboxylic acids is 2. The third kappa shape index (κ3) is 5.42. The van der Waals surface area contributed by atoms with Gasteiger partial charge in [0.25, 0.3) is 5.91 Å². The Kier molecular flexibility index (Phi) is 6.62. The lowest BCUT2D eigenvalue weighted by Crippen LogP contribution is -2.39. The molecule has 31 heavy (non-hydrogen) atoms. The maximum atomic E-state index is 13.4. The van der Waals surface area contributed by atoms with Crippen molar-refractivity contribution in [1.29, 1.82) is 0 Å². The Hall–Kier alpha value is -3.36. The molecule has 1 aromatic heterocycles. The molecule has 3 aromatic rings. The number of imidazole rings is 1. The van der Waals surface area contributed by atoms with Crippen LogP contribution in [0.15, 0.2) is 54.6 Å². The Morgan fingerprint density at radius 1 is 1.06 bits per heavy atom. The van der Waals surface area contributed by atoms with E-state index in [-0.39, 0.29) is 17.1 Å². The summed E-state index contributed by atoms with van der Waals surface area (Å²) in [4.78, 5) is 30.0. The van der Waals surface area contributed by atoms with E-state index in [2.05, 4.69) is 4.98 Å². The van der Waals surface area contributed by atoms with E-state index >= 15 is 0 Å². The van der Waals surface area contributed by atoms with Gasteiger partial charge < -0.3 is 14.2 Å². The van der Waals surface area contributed by atoms with Gasteiger partial charge in [-0.15, -0.1) is 0 Å². The molecule has 0 spiro atoms. The van der Waals surface area contributed by atoms with Crippen molar-refractivity contribution in [2.45, 2.75) is 39.2 Å². The summed E-state index contributed by atoms with van der Waals surface area (Å²) in [5.74, 6) is -2.57. The largest absolute Gasteiger partial charge is 0.454 e. The van der Waals surface area contributed by atoms with Crippen LogP contribution in [0.25, 0.3) is 11.0 Å². The Balaban J connectivity index is 1.69. The summed E-state index contributed by atoms with van der Waals surface area (Å²) >= 11 is 0. The lowest BCUT2D eigenvalue weighted by molar-refractivity contribution is -0.156. The SMILES string of the molecule is CC(C)N(Cc1ccccc1)C(=O)COC(=O)Cn1c(C(F)(F)F)nc2ccccc21. The van der Waals surface area contributed by atoms with Crippen LogP contribution in [-0.4, -0.2) is 39.0 Å². The van der Waals surface area contributed by atoms with E-state index in [0.29, 0.717) is 6.54 Å². The maximum Gasteiger partial charge on any atom is 0.449 e. The van der Waals surface area contributed by atoms with E-state index in [0.717, 1.165) is 10.1 Å². The fraction of sp³-hybridized carbons (Fsp3) is 0.318. The molecule has 0 saturated carbocycles. The molecule has 0 aliphatic heterocycles. The van der Waals surface area contributed by atoms with Crippen molar-refractivity contribution in [3.8, 4) is 0 Å². The minimum absolute atomic E-state index is 0.118. The molecule has 0 bridgehead atoms. The molecular weight excluding hydrogens is 411 g/mol. The van der Waals surface area contributed by atoms with Crippen LogP contribution < -0.4 is 0 Å². The monoisotopic (exact) mass is 433 g/mol. The van der Waals surface area contributed by atoms with E-state index in [4.69, 9.17) is 4.74 Å². The minimum atomic E-state index is -4.74. The van der Waals surface area contributed by atoms with Crippen molar-refractivity contribution in [1.82, 2.24) is 14.5 Å². The van der Waals surface area contributed by atoms with E-state index in [1.54, 1.807) is 12.1 Å². The van der Waals surface area contributed by atoms with Crippen molar-refractivity contribution in [2.24, 2.45) is 0 Å². The van der Waals surface area contributed by atoms with Crippen LogP contribution in [0.1, 0.15) is 25.2 Å². The van der Waals surface area contributed by atoms with Crippen LogP contribution in [0.3, 0.4) is 0 Å².